The summed E-state index contributed by atoms with van der Waals surface area (Å²) in [5, 5.41) is 0. The minimum absolute atomic E-state index is 0.00378. The summed E-state index contributed by atoms with van der Waals surface area (Å²) in [4.78, 5) is 0. The molecule has 0 aromatic heterocycles. The summed E-state index contributed by atoms with van der Waals surface area (Å²) in [5.41, 5.74) is 0.00378. The number of hydrogen-bond acceptors (Lipinski definition) is 2. The highest BCUT2D eigenvalue weighted by Crippen LogP contribution is 2.28. The highest BCUT2D eigenvalue weighted by Gasteiger charge is 2.39. The molecule has 0 bridgehead atoms. The van der Waals surface area contributed by atoms with Crippen molar-refractivity contribution in [2.24, 2.45) is 0 Å². The third-order valence-corrected chi connectivity index (χ3v) is 4.31. The molecule has 0 amide bonds. The van der Waals surface area contributed by atoms with E-state index in [1.807, 2.05) is 11.4 Å². The van der Waals surface area contributed by atoms with Crippen LogP contribution < -0.4 is 0 Å². The Morgan fingerprint density at radius 3 is 2.18 bits per heavy atom. The van der Waals surface area contributed by atoms with Gasteiger partial charge in [0.1, 0.15) is 0 Å². The predicted molar refractivity (Wildman–Crippen MR) is 64.8 cm³/mol. The largest absolute Gasteiger partial charge is 0.419 e. The van der Waals surface area contributed by atoms with Crippen LogP contribution in [0.2, 0.25) is 0 Å². The standard InChI is InChI=1S/C11H21F4NS/c1-5-10(2,3)16(4)17-8-6-7-9(12)11(13,14)15/h9H,5-8H2,1-4H3. The number of nitrogens with zero attached hydrogens (tertiary/aromatic N) is 1. The molecule has 0 radical (unpaired) electrons. The second-order valence-electron chi connectivity index (χ2n) is 4.65. The molecular weight excluding hydrogens is 254 g/mol. The van der Waals surface area contributed by atoms with Gasteiger partial charge in [0.25, 0.3) is 0 Å². The third-order valence-electron chi connectivity index (χ3n) is 2.96. The van der Waals surface area contributed by atoms with Gasteiger partial charge in [-0.25, -0.2) is 8.70 Å². The van der Waals surface area contributed by atoms with Gasteiger partial charge in [0, 0.05) is 11.3 Å². The number of hydrogen-bond donors (Lipinski definition) is 0. The lowest BCUT2D eigenvalue weighted by molar-refractivity contribution is -0.181. The van der Waals surface area contributed by atoms with Gasteiger partial charge in [0.15, 0.2) is 6.17 Å². The van der Waals surface area contributed by atoms with Gasteiger partial charge in [-0.1, -0.05) is 18.9 Å². The molecule has 1 nitrogen and oxygen atoms in total. The molecule has 6 heteroatoms. The molecule has 1 unspecified atom stereocenters. The molecule has 0 saturated carbocycles. The minimum atomic E-state index is -4.71. The van der Waals surface area contributed by atoms with Crippen LogP contribution in [-0.4, -0.2) is 35.0 Å². The Morgan fingerprint density at radius 1 is 1.24 bits per heavy atom. The monoisotopic (exact) mass is 275 g/mol. The fourth-order valence-corrected chi connectivity index (χ4v) is 2.07. The molecule has 0 aliphatic heterocycles. The molecule has 0 heterocycles. The van der Waals surface area contributed by atoms with Crippen molar-refractivity contribution in [2.45, 2.75) is 57.9 Å². The van der Waals surface area contributed by atoms with E-state index in [0.29, 0.717) is 5.75 Å². The summed E-state index contributed by atoms with van der Waals surface area (Å²) in [6.07, 6.45) is -6.66. The van der Waals surface area contributed by atoms with Crippen molar-refractivity contribution in [1.29, 1.82) is 0 Å². The van der Waals surface area contributed by atoms with Crippen LogP contribution in [0.15, 0.2) is 0 Å². The van der Waals surface area contributed by atoms with Crippen LogP contribution in [0.4, 0.5) is 17.6 Å². The van der Waals surface area contributed by atoms with Gasteiger partial charge in [0.2, 0.25) is 0 Å². The topological polar surface area (TPSA) is 3.24 Å². The van der Waals surface area contributed by atoms with E-state index in [2.05, 4.69) is 20.8 Å². The minimum Gasteiger partial charge on any atom is -0.248 e. The summed E-state index contributed by atoms with van der Waals surface area (Å²) >= 11 is 1.46. The van der Waals surface area contributed by atoms with Crippen LogP contribution in [0.25, 0.3) is 0 Å². The van der Waals surface area contributed by atoms with Crippen LogP contribution in [0.5, 0.6) is 0 Å². The van der Waals surface area contributed by atoms with Gasteiger partial charge in [0.05, 0.1) is 0 Å². The molecule has 0 rings (SSSR count). The van der Waals surface area contributed by atoms with Gasteiger partial charge < -0.3 is 0 Å². The quantitative estimate of drug-likeness (QED) is 0.384. The Morgan fingerprint density at radius 2 is 1.76 bits per heavy atom. The molecule has 0 aromatic carbocycles. The van der Waals surface area contributed by atoms with Crippen molar-refractivity contribution in [1.82, 2.24) is 4.31 Å². The molecule has 0 aliphatic carbocycles. The molecule has 0 N–H and O–H groups in total. The van der Waals surface area contributed by atoms with E-state index in [1.165, 1.54) is 11.9 Å². The van der Waals surface area contributed by atoms with Crippen molar-refractivity contribution in [3.63, 3.8) is 0 Å². The SMILES string of the molecule is CCC(C)(C)N(C)SCCCC(F)C(F)(F)F. The van der Waals surface area contributed by atoms with Crippen molar-refractivity contribution in [3.8, 4) is 0 Å². The first kappa shape index (κ1) is 17.0. The maximum absolute atomic E-state index is 12.6. The zero-order chi connectivity index (χ0) is 13.7. The summed E-state index contributed by atoms with van der Waals surface area (Å²) in [7, 11) is 1.91. The molecule has 0 aliphatic rings. The molecule has 17 heavy (non-hydrogen) atoms. The van der Waals surface area contributed by atoms with Gasteiger partial charge >= 0.3 is 6.18 Å². The van der Waals surface area contributed by atoms with E-state index in [-0.39, 0.29) is 12.0 Å². The number of halogens is 4. The maximum Gasteiger partial charge on any atom is 0.419 e. The molecule has 0 saturated heterocycles. The zero-order valence-corrected chi connectivity index (χ0v) is 11.6. The van der Waals surface area contributed by atoms with E-state index in [0.717, 1.165) is 6.42 Å². The number of rotatable bonds is 7. The van der Waals surface area contributed by atoms with Gasteiger partial charge in [-0.3, -0.25) is 0 Å². The normalized spacial score (nSPS) is 15.4. The van der Waals surface area contributed by atoms with E-state index in [4.69, 9.17) is 0 Å². The summed E-state index contributed by atoms with van der Waals surface area (Å²) in [6.45, 7) is 6.18. The second-order valence-corrected chi connectivity index (χ2v) is 5.86. The fraction of sp³-hybridized carbons (Fsp3) is 1.00. The first-order chi connectivity index (χ1) is 7.61. The first-order valence-electron chi connectivity index (χ1n) is 5.68. The second kappa shape index (κ2) is 6.83. The lowest BCUT2D eigenvalue weighted by Gasteiger charge is -2.33. The van der Waals surface area contributed by atoms with E-state index < -0.39 is 18.8 Å². The highest BCUT2D eigenvalue weighted by molar-refractivity contribution is 7.97. The number of alkyl halides is 4. The fourth-order valence-electron chi connectivity index (χ4n) is 1.03. The third kappa shape index (κ3) is 6.50. The van der Waals surface area contributed by atoms with E-state index in [1.54, 1.807) is 0 Å². The maximum atomic E-state index is 12.6. The van der Waals surface area contributed by atoms with Crippen LogP contribution >= 0.6 is 11.9 Å². The van der Waals surface area contributed by atoms with Crippen LogP contribution in [0.1, 0.15) is 40.0 Å². The molecule has 0 aromatic rings. The van der Waals surface area contributed by atoms with Gasteiger partial charge in [-0.2, -0.15) is 13.2 Å². The van der Waals surface area contributed by atoms with Crippen LogP contribution in [0.3, 0.4) is 0 Å². The molecular formula is C11H21F4NS. The summed E-state index contributed by atoms with van der Waals surface area (Å²) < 4.78 is 50.3. The summed E-state index contributed by atoms with van der Waals surface area (Å²) in [6, 6.07) is 0. The van der Waals surface area contributed by atoms with Crippen LogP contribution in [-0.2, 0) is 0 Å². The van der Waals surface area contributed by atoms with E-state index in [9.17, 15) is 17.6 Å². The predicted octanol–water partition coefficient (Wildman–Crippen LogP) is 4.44. The van der Waals surface area contributed by atoms with Crippen molar-refractivity contribution in [2.75, 3.05) is 12.8 Å². The smallest absolute Gasteiger partial charge is 0.248 e. The summed E-state index contributed by atoms with van der Waals surface area (Å²) in [5.74, 6) is 0.510. The molecule has 104 valence electrons. The van der Waals surface area contributed by atoms with Crippen LogP contribution in [0, 0.1) is 0 Å². The molecule has 0 fully saturated rings. The van der Waals surface area contributed by atoms with Gasteiger partial charge in [-0.15, -0.1) is 0 Å². The Kier molecular flexibility index (Phi) is 6.84. The average Bonchev–Trinajstić information content (AvgIpc) is 2.22. The highest BCUT2D eigenvalue weighted by atomic mass is 32.2. The van der Waals surface area contributed by atoms with E-state index >= 15 is 0 Å². The van der Waals surface area contributed by atoms with Crippen molar-refractivity contribution >= 4 is 11.9 Å². The Labute approximate surface area is 105 Å². The molecule has 0 spiro atoms. The van der Waals surface area contributed by atoms with Crippen molar-refractivity contribution in [3.05, 3.63) is 0 Å². The Balaban J connectivity index is 3.80. The first-order valence-corrected chi connectivity index (χ1v) is 6.63. The lowest BCUT2D eigenvalue weighted by atomic mass is 10.0. The average molecular weight is 275 g/mol. The molecule has 1 atom stereocenters. The Hall–Kier alpha value is 0.0300. The lowest BCUT2D eigenvalue weighted by Crippen LogP contribution is -2.35. The van der Waals surface area contributed by atoms with Gasteiger partial charge in [-0.05, 0) is 40.2 Å². The Bertz CT molecular complexity index is 218. The van der Waals surface area contributed by atoms with Crippen molar-refractivity contribution < 1.29 is 17.6 Å². The zero-order valence-electron chi connectivity index (χ0n) is 10.8.